The molecule has 2 amide bonds. The number of nitro groups is 1. The maximum atomic E-state index is 15.6. The van der Waals surface area contributed by atoms with Gasteiger partial charge in [0, 0.05) is 12.1 Å². The highest BCUT2D eigenvalue weighted by Gasteiger charge is 2.76. The molecule has 14 heteroatoms. The van der Waals surface area contributed by atoms with E-state index in [-0.39, 0.29) is 36.8 Å². The number of morpholine rings is 1. The van der Waals surface area contributed by atoms with Gasteiger partial charge in [-0.15, -0.1) is 0 Å². The van der Waals surface area contributed by atoms with Crippen LogP contribution < -0.4 is 9.64 Å². The van der Waals surface area contributed by atoms with E-state index in [0.717, 1.165) is 4.90 Å². The molecule has 6 atom stereocenters. The number of aliphatic hydroxyl groups excluding tert-OH is 1. The summed E-state index contributed by atoms with van der Waals surface area (Å²) >= 11 is 0. The van der Waals surface area contributed by atoms with E-state index < -0.39 is 64.4 Å². The van der Waals surface area contributed by atoms with Crippen LogP contribution >= 0.6 is 0 Å². The zero-order valence-corrected chi connectivity index (χ0v) is 30.1. The van der Waals surface area contributed by atoms with E-state index in [9.17, 15) is 34.7 Å². The van der Waals surface area contributed by atoms with Crippen molar-refractivity contribution in [2.45, 2.75) is 36.3 Å². The van der Waals surface area contributed by atoms with Crippen molar-refractivity contribution in [1.82, 2.24) is 4.90 Å². The summed E-state index contributed by atoms with van der Waals surface area (Å²) in [4.78, 5) is 71.4. The summed E-state index contributed by atoms with van der Waals surface area (Å²) < 4.78 is 17.5. The number of nitro benzene ring substituents is 1. The summed E-state index contributed by atoms with van der Waals surface area (Å²) in [5, 5.41) is 31.9. The molecule has 288 valence electrons. The quantitative estimate of drug-likeness (QED) is 0.0953. The number of benzene rings is 5. The third-order valence-electron chi connectivity index (χ3n) is 10.9. The molecule has 2 saturated heterocycles. The highest BCUT2D eigenvalue weighted by atomic mass is 16.6. The summed E-state index contributed by atoms with van der Waals surface area (Å²) in [5.41, 5.74) is 0.213. The Kier molecular flexibility index (Phi) is 9.73. The highest BCUT2D eigenvalue weighted by Crippen LogP contribution is 2.65. The molecule has 0 radical (unpaired) electrons. The Balaban J connectivity index is 1.32. The molecular formula is C43H35N3O11. The molecule has 14 nitrogen and oxygen atoms in total. The number of aliphatic carboxylic acids is 1. The predicted molar refractivity (Wildman–Crippen MR) is 202 cm³/mol. The Hall–Kier alpha value is -6.90. The van der Waals surface area contributed by atoms with Crippen molar-refractivity contribution in [1.29, 1.82) is 0 Å². The molecule has 3 aliphatic heterocycles. The fourth-order valence-corrected chi connectivity index (χ4v) is 8.66. The summed E-state index contributed by atoms with van der Waals surface area (Å²) in [5.74, 6) is -4.59. The normalized spacial score (nSPS) is 23.7. The number of aliphatic hydroxyl groups is 1. The second kappa shape index (κ2) is 15.0. The molecule has 0 aromatic heterocycles. The lowest BCUT2D eigenvalue weighted by Gasteiger charge is -2.46. The number of anilines is 1. The van der Waals surface area contributed by atoms with Gasteiger partial charge >= 0.3 is 18.0 Å². The van der Waals surface area contributed by atoms with Gasteiger partial charge in [-0.3, -0.25) is 29.4 Å². The van der Waals surface area contributed by atoms with Crippen molar-refractivity contribution < 1.29 is 48.5 Å². The van der Waals surface area contributed by atoms with Crippen LogP contribution in [0.2, 0.25) is 0 Å². The van der Waals surface area contributed by atoms with Crippen LogP contribution in [0.15, 0.2) is 133 Å². The third-order valence-corrected chi connectivity index (χ3v) is 10.9. The Labute approximate surface area is 325 Å². The first-order valence-electron chi connectivity index (χ1n) is 18.1. The Morgan fingerprint density at radius 3 is 2.05 bits per heavy atom. The largest absolute Gasteiger partial charge is 0.491 e. The maximum absolute atomic E-state index is 15.6. The lowest BCUT2D eigenvalue weighted by atomic mass is 9.65. The second-order valence-electron chi connectivity index (χ2n) is 13.9. The van der Waals surface area contributed by atoms with Gasteiger partial charge in [-0.05, 0) is 58.1 Å². The lowest BCUT2D eigenvalue weighted by molar-refractivity contribution is -0.384. The zero-order valence-electron chi connectivity index (χ0n) is 30.1. The van der Waals surface area contributed by atoms with Crippen LogP contribution in [0.25, 0.3) is 0 Å². The summed E-state index contributed by atoms with van der Waals surface area (Å²) in [7, 11) is 0. The SMILES string of the molecule is O=C1O[C@@H](c2ccccc2)[C@@H](c2ccccc2)N2[C@@H](c3ccc(OCCO)cc3)[C@]3(C(=O)N(C(=O)OCc4ccc([N+](=O)[O-])cc4)c4ccccc43)[C@@H](C(=O)O)[C@H]12. The van der Waals surface area contributed by atoms with E-state index in [2.05, 4.69) is 0 Å². The van der Waals surface area contributed by atoms with Gasteiger partial charge in [0.25, 0.3) is 5.69 Å². The number of carboxylic acids is 1. The van der Waals surface area contributed by atoms with Crippen LogP contribution in [0.3, 0.4) is 0 Å². The number of non-ortho nitro benzene ring substituents is 1. The van der Waals surface area contributed by atoms with Crippen LogP contribution in [-0.4, -0.2) is 63.2 Å². The van der Waals surface area contributed by atoms with Crippen molar-refractivity contribution in [2.24, 2.45) is 5.92 Å². The van der Waals surface area contributed by atoms with Gasteiger partial charge in [0.2, 0.25) is 5.91 Å². The molecule has 0 unspecified atom stereocenters. The molecule has 8 rings (SSSR count). The Morgan fingerprint density at radius 1 is 0.789 bits per heavy atom. The molecule has 57 heavy (non-hydrogen) atoms. The van der Waals surface area contributed by atoms with Crippen molar-refractivity contribution in [3.8, 4) is 5.75 Å². The van der Waals surface area contributed by atoms with E-state index in [1.807, 2.05) is 60.7 Å². The van der Waals surface area contributed by atoms with Gasteiger partial charge < -0.3 is 24.4 Å². The minimum atomic E-state index is -2.11. The minimum absolute atomic E-state index is 0.0193. The number of ether oxygens (including phenoxy) is 3. The Morgan fingerprint density at radius 2 is 1.42 bits per heavy atom. The molecule has 0 saturated carbocycles. The van der Waals surface area contributed by atoms with Crippen molar-refractivity contribution in [3.63, 3.8) is 0 Å². The number of hydrogen-bond acceptors (Lipinski definition) is 11. The molecule has 1 spiro atoms. The first kappa shape index (κ1) is 37.0. The number of amides is 2. The number of nitrogens with zero attached hydrogens (tertiary/aromatic N) is 3. The number of para-hydroxylation sites is 1. The monoisotopic (exact) mass is 769 g/mol. The molecular weight excluding hydrogens is 734 g/mol. The molecule has 3 heterocycles. The topological polar surface area (TPSA) is 186 Å². The molecule has 0 bridgehead atoms. The van der Waals surface area contributed by atoms with Gasteiger partial charge in [-0.1, -0.05) is 91.0 Å². The van der Waals surface area contributed by atoms with E-state index in [1.165, 1.54) is 30.3 Å². The first-order valence-corrected chi connectivity index (χ1v) is 18.1. The summed E-state index contributed by atoms with van der Waals surface area (Å²) in [6.07, 6.45) is -2.04. The molecule has 2 fully saturated rings. The van der Waals surface area contributed by atoms with Crippen molar-refractivity contribution >= 4 is 35.3 Å². The van der Waals surface area contributed by atoms with Crippen LogP contribution in [0.4, 0.5) is 16.2 Å². The number of esters is 1. The fourth-order valence-electron chi connectivity index (χ4n) is 8.66. The van der Waals surface area contributed by atoms with E-state index in [0.29, 0.717) is 28.0 Å². The van der Waals surface area contributed by atoms with Gasteiger partial charge in [-0.2, -0.15) is 0 Å². The van der Waals surface area contributed by atoms with E-state index in [1.54, 1.807) is 47.4 Å². The van der Waals surface area contributed by atoms with Crippen LogP contribution in [0.1, 0.15) is 46.0 Å². The third kappa shape index (κ3) is 6.15. The number of imide groups is 1. The second-order valence-corrected chi connectivity index (χ2v) is 13.9. The van der Waals surface area contributed by atoms with Crippen LogP contribution in [-0.2, 0) is 35.9 Å². The highest BCUT2D eigenvalue weighted by molar-refractivity contribution is 6.23. The number of carbonyl (C=O) groups is 4. The lowest BCUT2D eigenvalue weighted by Crippen LogP contribution is -2.53. The average molecular weight is 770 g/mol. The number of hydrogen-bond donors (Lipinski definition) is 2. The van der Waals surface area contributed by atoms with Gasteiger partial charge in [-0.25, -0.2) is 9.69 Å². The van der Waals surface area contributed by atoms with E-state index >= 15 is 4.79 Å². The van der Waals surface area contributed by atoms with Crippen LogP contribution in [0.5, 0.6) is 5.75 Å². The predicted octanol–water partition coefficient (Wildman–Crippen LogP) is 6.05. The molecule has 2 N–H and O–H groups in total. The first-order chi connectivity index (χ1) is 27.7. The number of carbonyl (C=O) groups excluding carboxylic acids is 3. The number of fused-ring (bicyclic) bond motifs is 3. The standard InChI is InChI=1S/C43H35N3O11/c47-23-24-55-31-21-17-29(18-22-31)38-43(32-13-7-8-14-33(32)44(41(43)51)42(52)56-25-26-15-19-30(20-16-26)46(53)54)34(39(48)49)36-40(50)57-37(28-11-5-2-6-12-28)35(45(36)38)27-9-3-1-4-10-27/h1-22,34-38,47H,23-25H2,(H,48,49)/t34-,35-,36-,37+,38+,43-/m1/s1. The average Bonchev–Trinajstić information content (AvgIpc) is 3.69. The molecule has 5 aromatic carbocycles. The van der Waals surface area contributed by atoms with Crippen molar-refractivity contribution in [2.75, 3.05) is 18.1 Å². The molecule has 5 aromatic rings. The van der Waals surface area contributed by atoms with Gasteiger partial charge in [0.1, 0.15) is 42.4 Å². The Bertz CT molecular complexity index is 2340. The molecule has 0 aliphatic carbocycles. The molecule has 3 aliphatic rings. The van der Waals surface area contributed by atoms with Crippen LogP contribution in [0, 0.1) is 16.0 Å². The van der Waals surface area contributed by atoms with E-state index in [4.69, 9.17) is 14.2 Å². The number of rotatable bonds is 10. The minimum Gasteiger partial charge on any atom is -0.491 e. The summed E-state index contributed by atoms with van der Waals surface area (Å²) in [6, 6.07) is 33.1. The van der Waals surface area contributed by atoms with Crippen molar-refractivity contribution in [3.05, 3.63) is 171 Å². The van der Waals surface area contributed by atoms with Gasteiger partial charge in [0.05, 0.1) is 29.3 Å². The maximum Gasteiger partial charge on any atom is 0.421 e. The fraction of sp³-hybridized carbons (Fsp3) is 0.209. The van der Waals surface area contributed by atoms with Gasteiger partial charge in [0.15, 0.2) is 0 Å². The zero-order chi connectivity index (χ0) is 39.8. The number of carboxylic acid groups (broad SMARTS) is 1. The summed E-state index contributed by atoms with van der Waals surface area (Å²) in [6.45, 7) is -0.565. The number of cyclic esters (lactones) is 1. The smallest absolute Gasteiger partial charge is 0.421 e.